The molecular weight excluding hydrogens is 312 g/mol. The van der Waals surface area contributed by atoms with Crippen molar-refractivity contribution in [2.45, 2.75) is 13.8 Å². The average Bonchev–Trinajstić information content (AvgIpc) is 2.41. The zero-order valence-electron chi connectivity index (χ0n) is 12.3. The Morgan fingerprint density at radius 1 is 1.41 bits per heavy atom. The number of nitrogens with one attached hydrogen (secondary N) is 1. The second-order valence-electron chi connectivity index (χ2n) is 4.64. The average molecular weight is 328 g/mol. The Morgan fingerprint density at radius 3 is 2.55 bits per heavy atom. The van der Waals surface area contributed by atoms with Gasteiger partial charge in [0.15, 0.2) is 0 Å². The van der Waals surface area contributed by atoms with Crippen LogP contribution >= 0.6 is 0 Å². The largest absolute Gasteiger partial charge is 0.271 e. The molecule has 9 nitrogen and oxygen atoms in total. The molecule has 0 radical (unpaired) electrons. The van der Waals surface area contributed by atoms with Gasteiger partial charge in [0.1, 0.15) is 6.54 Å². The summed E-state index contributed by atoms with van der Waals surface area (Å²) < 4.78 is 24.4. The van der Waals surface area contributed by atoms with E-state index >= 15 is 0 Å². The quantitative estimate of drug-likeness (QED) is 0.472. The first-order valence-electron chi connectivity index (χ1n) is 6.13. The number of hydrogen-bond donors (Lipinski definition) is 1. The van der Waals surface area contributed by atoms with Crippen LogP contribution in [0.3, 0.4) is 0 Å². The molecule has 10 heteroatoms. The van der Waals surface area contributed by atoms with Gasteiger partial charge in [-0.15, -0.1) is 0 Å². The van der Waals surface area contributed by atoms with E-state index in [9.17, 15) is 23.3 Å². The molecule has 0 saturated carbocycles. The van der Waals surface area contributed by atoms with Crippen molar-refractivity contribution in [1.29, 1.82) is 0 Å². The van der Waals surface area contributed by atoms with Crippen molar-refractivity contribution >= 4 is 33.0 Å². The number of non-ortho nitro benzene ring substituents is 1. The van der Waals surface area contributed by atoms with Crippen LogP contribution in [0.5, 0.6) is 0 Å². The van der Waals surface area contributed by atoms with Crippen LogP contribution in [0.25, 0.3) is 0 Å². The molecule has 0 heterocycles. The number of rotatable bonds is 6. The van der Waals surface area contributed by atoms with E-state index in [1.54, 1.807) is 13.8 Å². The first-order valence-corrected chi connectivity index (χ1v) is 7.98. The van der Waals surface area contributed by atoms with Gasteiger partial charge in [0.05, 0.1) is 16.9 Å². The summed E-state index contributed by atoms with van der Waals surface area (Å²) in [5, 5.41) is 14.5. The summed E-state index contributed by atoms with van der Waals surface area (Å²) in [5.74, 6) is -0.655. The van der Waals surface area contributed by atoms with E-state index in [0.29, 0.717) is 5.71 Å². The summed E-state index contributed by atoms with van der Waals surface area (Å²) in [5.41, 5.74) is 2.56. The van der Waals surface area contributed by atoms with Crippen molar-refractivity contribution in [3.8, 4) is 0 Å². The van der Waals surface area contributed by atoms with Gasteiger partial charge < -0.3 is 0 Å². The number of carbonyl (C=O) groups excluding carboxylic acids is 1. The molecule has 0 saturated heterocycles. The Hall–Kier alpha value is -2.49. The molecule has 0 fully saturated rings. The number of nitro groups is 1. The number of amides is 1. The number of hydrogen-bond acceptors (Lipinski definition) is 6. The summed E-state index contributed by atoms with van der Waals surface area (Å²) in [7, 11) is -3.79. The molecule has 1 aromatic carbocycles. The highest BCUT2D eigenvalue weighted by atomic mass is 32.2. The first-order chi connectivity index (χ1) is 10.1. The Labute approximate surface area is 127 Å². The summed E-state index contributed by atoms with van der Waals surface area (Å²) in [6, 6.07) is 5.03. The van der Waals surface area contributed by atoms with E-state index in [1.807, 2.05) is 0 Å². The number of nitrogens with zero attached hydrogens (tertiary/aromatic N) is 3. The van der Waals surface area contributed by atoms with Crippen molar-refractivity contribution in [2.24, 2.45) is 5.10 Å². The third kappa shape index (κ3) is 5.13. The van der Waals surface area contributed by atoms with Gasteiger partial charge >= 0.3 is 0 Å². The van der Waals surface area contributed by atoms with Crippen LogP contribution < -0.4 is 9.73 Å². The summed E-state index contributed by atoms with van der Waals surface area (Å²) in [4.78, 5) is 21.9. The number of anilines is 1. The van der Waals surface area contributed by atoms with Gasteiger partial charge in [-0.25, -0.2) is 13.8 Å². The number of nitro benzene ring substituents is 1. The molecule has 1 aromatic rings. The molecule has 0 unspecified atom stereocenters. The van der Waals surface area contributed by atoms with Crippen LogP contribution in [-0.2, 0) is 14.8 Å². The molecule has 1 amide bonds. The van der Waals surface area contributed by atoms with Gasteiger partial charge in [-0.1, -0.05) is 6.07 Å². The minimum Gasteiger partial charge on any atom is -0.271 e. The topological polar surface area (TPSA) is 122 Å². The molecule has 0 aliphatic rings. The third-order valence-corrected chi connectivity index (χ3v) is 3.56. The van der Waals surface area contributed by atoms with E-state index in [4.69, 9.17) is 0 Å². The first kappa shape index (κ1) is 17.6. The second-order valence-corrected chi connectivity index (χ2v) is 6.55. The fourth-order valence-corrected chi connectivity index (χ4v) is 2.35. The maximum absolute atomic E-state index is 11.8. The molecule has 1 N–H and O–H groups in total. The van der Waals surface area contributed by atoms with Crippen molar-refractivity contribution in [1.82, 2.24) is 5.43 Å². The lowest BCUT2D eigenvalue weighted by atomic mass is 10.3. The van der Waals surface area contributed by atoms with E-state index < -0.39 is 27.4 Å². The molecular formula is C12H16N4O5S. The number of carbonyl (C=O) groups is 1. The number of benzene rings is 1. The number of hydrazone groups is 1. The van der Waals surface area contributed by atoms with Crippen LogP contribution in [-0.4, -0.2) is 37.8 Å². The zero-order chi connectivity index (χ0) is 16.9. The van der Waals surface area contributed by atoms with Crippen LogP contribution in [0, 0.1) is 10.1 Å². The van der Waals surface area contributed by atoms with E-state index in [-0.39, 0.29) is 11.4 Å². The van der Waals surface area contributed by atoms with Gasteiger partial charge in [0, 0.05) is 17.8 Å². The van der Waals surface area contributed by atoms with Crippen molar-refractivity contribution in [3.63, 3.8) is 0 Å². The highest BCUT2D eigenvalue weighted by Crippen LogP contribution is 2.22. The maximum Gasteiger partial charge on any atom is 0.271 e. The Bertz CT molecular complexity index is 710. The lowest BCUT2D eigenvalue weighted by Crippen LogP contribution is -2.39. The van der Waals surface area contributed by atoms with E-state index in [0.717, 1.165) is 16.6 Å². The zero-order valence-corrected chi connectivity index (χ0v) is 13.1. The molecule has 0 aromatic heterocycles. The molecule has 0 aliphatic carbocycles. The molecule has 0 spiro atoms. The standard InChI is InChI=1S/C12H16N4O5S/c1-9(2)13-14-12(17)8-15(22(3,20)21)10-5-4-6-11(7-10)16(18)19/h4-7H,8H2,1-3H3,(H,14,17). The fraction of sp³-hybridized carbons (Fsp3) is 0.333. The van der Waals surface area contributed by atoms with Gasteiger partial charge in [-0.05, 0) is 19.9 Å². The Balaban J connectivity index is 3.10. The Kier molecular flexibility index (Phi) is 5.57. The molecule has 0 atom stereocenters. The third-order valence-electron chi connectivity index (χ3n) is 2.42. The minimum absolute atomic E-state index is 0.0315. The van der Waals surface area contributed by atoms with Crippen LogP contribution in [0.1, 0.15) is 13.8 Å². The smallest absolute Gasteiger partial charge is 0.271 e. The summed E-state index contributed by atoms with van der Waals surface area (Å²) in [6.07, 6.45) is 0.910. The Morgan fingerprint density at radius 2 is 2.05 bits per heavy atom. The normalized spacial score (nSPS) is 10.7. The van der Waals surface area contributed by atoms with Gasteiger partial charge in [0.25, 0.3) is 11.6 Å². The van der Waals surface area contributed by atoms with Crippen molar-refractivity contribution < 1.29 is 18.1 Å². The summed E-state index contributed by atoms with van der Waals surface area (Å²) in [6.45, 7) is 2.79. The fourth-order valence-electron chi connectivity index (χ4n) is 1.50. The van der Waals surface area contributed by atoms with Crippen LogP contribution in [0.15, 0.2) is 29.4 Å². The van der Waals surface area contributed by atoms with Gasteiger partial charge in [-0.3, -0.25) is 19.2 Å². The highest BCUT2D eigenvalue weighted by molar-refractivity contribution is 7.92. The SMILES string of the molecule is CC(C)=NNC(=O)CN(c1cccc([N+](=O)[O-])c1)S(C)(=O)=O. The van der Waals surface area contributed by atoms with Crippen molar-refractivity contribution in [2.75, 3.05) is 17.1 Å². The molecule has 120 valence electrons. The number of sulfonamides is 1. The minimum atomic E-state index is -3.79. The lowest BCUT2D eigenvalue weighted by molar-refractivity contribution is -0.384. The molecule has 22 heavy (non-hydrogen) atoms. The maximum atomic E-state index is 11.8. The monoisotopic (exact) mass is 328 g/mol. The highest BCUT2D eigenvalue weighted by Gasteiger charge is 2.22. The predicted molar refractivity (Wildman–Crippen MR) is 82.2 cm³/mol. The van der Waals surface area contributed by atoms with Crippen LogP contribution in [0.2, 0.25) is 0 Å². The summed E-state index contributed by atoms with van der Waals surface area (Å²) >= 11 is 0. The second kappa shape index (κ2) is 6.98. The van der Waals surface area contributed by atoms with E-state index in [2.05, 4.69) is 10.5 Å². The molecule has 0 aliphatic heterocycles. The van der Waals surface area contributed by atoms with Crippen molar-refractivity contribution in [3.05, 3.63) is 34.4 Å². The van der Waals surface area contributed by atoms with E-state index in [1.165, 1.54) is 18.2 Å². The van der Waals surface area contributed by atoms with Gasteiger partial charge in [-0.2, -0.15) is 5.10 Å². The molecule has 1 rings (SSSR count). The van der Waals surface area contributed by atoms with Crippen LogP contribution in [0.4, 0.5) is 11.4 Å². The van der Waals surface area contributed by atoms with Gasteiger partial charge in [0.2, 0.25) is 10.0 Å². The predicted octanol–water partition coefficient (Wildman–Crippen LogP) is 0.873. The molecule has 0 bridgehead atoms. The lowest BCUT2D eigenvalue weighted by Gasteiger charge is -2.21.